The van der Waals surface area contributed by atoms with Gasteiger partial charge in [-0.15, -0.1) is 5.10 Å². The van der Waals surface area contributed by atoms with Crippen LogP contribution in [0.1, 0.15) is 38.5 Å². The summed E-state index contributed by atoms with van der Waals surface area (Å²) in [4.78, 5) is 0. The molecule has 1 N–H and O–H groups in total. The first-order valence-electron chi connectivity index (χ1n) is 7.45. The molecule has 2 aromatic rings. The summed E-state index contributed by atoms with van der Waals surface area (Å²) in [5.74, 6) is 0. The summed E-state index contributed by atoms with van der Waals surface area (Å²) in [6.45, 7) is 2.17. The van der Waals surface area contributed by atoms with Crippen molar-refractivity contribution in [1.82, 2.24) is 20.3 Å². The van der Waals surface area contributed by atoms with Crippen molar-refractivity contribution in [3.63, 3.8) is 0 Å². The molecule has 4 nitrogen and oxygen atoms in total. The fraction of sp³-hybridized carbons (Fsp3) is 0.600. The zero-order valence-electron chi connectivity index (χ0n) is 11.4. The Bertz CT molecular complexity index is 516. The van der Waals surface area contributed by atoms with Crippen LogP contribution in [-0.4, -0.2) is 27.6 Å². The Morgan fingerprint density at radius 3 is 2.84 bits per heavy atom. The average molecular weight is 258 g/mol. The van der Waals surface area contributed by atoms with Crippen molar-refractivity contribution in [2.45, 2.75) is 51.1 Å². The molecule has 0 unspecified atom stereocenters. The topological polar surface area (TPSA) is 42.7 Å². The monoisotopic (exact) mass is 258 g/mol. The molecule has 0 amide bonds. The second-order valence-electron chi connectivity index (χ2n) is 5.44. The average Bonchev–Trinajstić information content (AvgIpc) is 3.18. The van der Waals surface area contributed by atoms with E-state index in [1.807, 2.05) is 22.9 Å². The molecule has 0 spiro atoms. The molecule has 0 radical (unpaired) electrons. The normalized spacial score (nSPS) is 15.2. The van der Waals surface area contributed by atoms with Crippen molar-refractivity contribution in [1.29, 1.82) is 0 Å². The van der Waals surface area contributed by atoms with Crippen molar-refractivity contribution >= 4 is 11.0 Å². The van der Waals surface area contributed by atoms with Crippen LogP contribution in [0, 0.1) is 0 Å². The van der Waals surface area contributed by atoms with Gasteiger partial charge in [-0.05, 0) is 44.4 Å². The molecular weight excluding hydrogens is 236 g/mol. The zero-order valence-corrected chi connectivity index (χ0v) is 11.4. The van der Waals surface area contributed by atoms with E-state index in [1.54, 1.807) is 0 Å². The van der Waals surface area contributed by atoms with E-state index >= 15 is 0 Å². The Morgan fingerprint density at radius 2 is 1.95 bits per heavy atom. The molecule has 0 saturated heterocycles. The summed E-state index contributed by atoms with van der Waals surface area (Å²) in [7, 11) is 0. The SMILES string of the molecule is c1ccc2c(c1)nnn2CCCCCCNC1CC1. The minimum atomic E-state index is 0.849. The molecule has 0 aliphatic heterocycles. The highest BCUT2D eigenvalue weighted by Gasteiger charge is 2.19. The molecule has 1 aromatic carbocycles. The molecule has 1 aliphatic carbocycles. The highest BCUT2D eigenvalue weighted by Crippen LogP contribution is 2.18. The Morgan fingerprint density at radius 1 is 1.11 bits per heavy atom. The van der Waals surface area contributed by atoms with Gasteiger partial charge in [-0.1, -0.05) is 30.2 Å². The summed E-state index contributed by atoms with van der Waals surface area (Å²) in [5.41, 5.74) is 2.15. The summed E-state index contributed by atoms with van der Waals surface area (Å²) in [6.07, 6.45) is 7.86. The highest BCUT2D eigenvalue weighted by atomic mass is 15.4. The number of nitrogens with one attached hydrogen (secondary N) is 1. The Hall–Kier alpha value is -1.42. The van der Waals surface area contributed by atoms with Gasteiger partial charge < -0.3 is 5.32 Å². The predicted octanol–water partition coefficient (Wildman–Crippen LogP) is 2.74. The maximum absolute atomic E-state index is 4.22. The van der Waals surface area contributed by atoms with Gasteiger partial charge in [0, 0.05) is 12.6 Å². The third kappa shape index (κ3) is 3.53. The van der Waals surface area contributed by atoms with E-state index in [-0.39, 0.29) is 0 Å². The van der Waals surface area contributed by atoms with Gasteiger partial charge in [0.05, 0.1) is 5.52 Å². The van der Waals surface area contributed by atoms with Gasteiger partial charge in [0.15, 0.2) is 0 Å². The van der Waals surface area contributed by atoms with E-state index in [4.69, 9.17) is 0 Å². The number of benzene rings is 1. The lowest BCUT2D eigenvalue weighted by atomic mass is 10.2. The van der Waals surface area contributed by atoms with E-state index in [9.17, 15) is 0 Å². The van der Waals surface area contributed by atoms with Crippen molar-refractivity contribution in [3.8, 4) is 0 Å². The van der Waals surface area contributed by atoms with Crippen molar-refractivity contribution < 1.29 is 0 Å². The van der Waals surface area contributed by atoms with Crippen molar-refractivity contribution in [2.75, 3.05) is 6.54 Å². The summed E-state index contributed by atoms with van der Waals surface area (Å²) >= 11 is 0. The molecule has 1 aromatic heterocycles. The lowest BCUT2D eigenvalue weighted by Gasteiger charge is -2.04. The predicted molar refractivity (Wildman–Crippen MR) is 77.0 cm³/mol. The van der Waals surface area contributed by atoms with Gasteiger partial charge in [-0.25, -0.2) is 4.68 Å². The third-order valence-electron chi connectivity index (χ3n) is 3.73. The molecule has 1 heterocycles. The van der Waals surface area contributed by atoms with Crippen LogP contribution in [0.2, 0.25) is 0 Å². The van der Waals surface area contributed by atoms with E-state index in [2.05, 4.69) is 21.7 Å². The molecule has 0 atom stereocenters. The number of hydrogen-bond acceptors (Lipinski definition) is 3. The van der Waals surface area contributed by atoms with Gasteiger partial charge >= 0.3 is 0 Å². The number of aromatic nitrogens is 3. The van der Waals surface area contributed by atoms with Crippen molar-refractivity contribution in [3.05, 3.63) is 24.3 Å². The second-order valence-corrected chi connectivity index (χ2v) is 5.44. The zero-order chi connectivity index (χ0) is 12.9. The minimum absolute atomic E-state index is 0.849. The smallest absolute Gasteiger partial charge is 0.113 e. The first-order chi connectivity index (χ1) is 9.43. The van der Waals surface area contributed by atoms with Gasteiger partial charge in [0.1, 0.15) is 5.52 Å². The van der Waals surface area contributed by atoms with Crippen LogP contribution in [0.15, 0.2) is 24.3 Å². The van der Waals surface area contributed by atoms with Crippen LogP contribution >= 0.6 is 0 Å². The van der Waals surface area contributed by atoms with Gasteiger partial charge in [0.2, 0.25) is 0 Å². The van der Waals surface area contributed by atoms with E-state index in [0.717, 1.165) is 23.6 Å². The van der Waals surface area contributed by atoms with Crippen LogP contribution < -0.4 is 5.32 Å². The fourth-order valence-electron chi connectivity index (χ4n) is 2.42. The molecule has 4 heteroatoms. The fourth-order valence-corrected chi connectivity index (χ4v) is 2.42. The van der Waals surface area contributed by atoms with Gasteiger partial charge in [-0.3, -0.25) is 0 Å². The number of rotatable bonds is 8. The van der Waals surface area contributed by atoms with Crippen LogP contribution in [0.3, 0.4) is 0 Å². The maximum Gasteiger partial charge on any atom is 0.113 e. The molecule has 1 aliphatic rings. The minimum Gasteiger partial charge on any atom is -0.314 e. The number of unbranched alkanes of at least 4 members (excludes halogenated alkanes) is 3. The quantitative estimate of drug-likeness (QED) is 0.740. The largest absolute Gasteiger partial charge is 0.314 e. The van der Waals surface area contributed by atoms with Gasteiger partial charge in [0.25, 0.3) is 0 Å². The third-order valence-corrected chi connectivity index (χ3v) is 3.73. The summed E-state index contributed by atoms with van der Waals surface area (Å²) in [6, 6.07) is 9.01. The molecule has 19 heavy (non-hydrogen) atoms. The molecule has 102 valence electrons. The van der Waals surface area contributed by atoms with Crippen LogP contribution in [0.5, 0.6) is 0 Å². The lowest BCUT2D eigenvalue weighted by Crippen LogP contribution is -2.17. The number of nitrogens with zero attached hydrogens (tertiary/aromatic N) is 3. The Labute approximate surface area is 114 Å². The number of fused-ring (bicyclic) bond motifs is 1. The molecular formula is C15H22N4. The van der Waals surface area contributed by atoms with Gasteiger partial charge in [-0.2, -0.15) is 0 Å². The first-order valence-corrected chi connectivity index (χ1v) is 7.45. The molecule has 1 saturated carbocycles. The van der Waals surface area contributed by atoms with E-state index in [0.29, 0.717) is 0 Å². The molecule has 0 bridgehead atoms. The number of para-hydroxylation sites is 1. The van der Waals surface area contributed by atoms with Crippen LogP contribution in [0.4, 0.5) is 0 Å². The lowest BCUT2D eigenvalue weighted by molar-refractivity contribution is 0.523. The summed E-state index contributed by atoms with van der Waals surface area (Å²) in [5, 5.41) is 11.9. The highest BCUT2D eigenvalue weighted by molar-refractivity contribution is 5.73. The standard InChI is InChI=1S/C15H22N4/c1(5-11-16-13-9-10-13)2-6-12-19-15-8-4-3-7-14(15)17-18-19/h3-4,7-8,13,16H,1-2,5-6,9-12H2. The number of hydrogen-bond donors (Lipinski definition) is 1. The Balaban J connectivity index is 1.35. The van der Waals surface area contributed by atoms with E-state index in [1.165, 1.54) is 45.1 Å². The van der Waals surface area contributed by atoms with Crippen LogP contribution in [-0.2, 0) is 6.54 Å². The first kappa shape index (κ1) is 12.6. The number of aryl methyl sites for hydroxylation is 1. The molecule has 3 rings (SSSR count). The summed E-state index contributed by atoms with van der Waals surface area (Å²) < 4.78 is 2.03. The molecule has 1 fully saturated rings. The Kier molecular flexibility index (Phi) is 4.08. The van der Waals surface area contributed by atoms with E-state index < -0.39 is 0 Å². The maximum atomic E-state index is 4.22. The van der Waals surface area contributed by atoms with Crippen molar-refractivity contribution in [2.24, 2.45) is 0 Å². The second kappa shape index (κ2) is 6.15. The van der Waals surface area contributed by atoms with Crippen LogP contribution in [0.25, 0.3) is 11.0 Å².